The van der Waals surface area contributed by atoms with E-state index in [0.717, 1.165) is 19.3 Å². The molecule has 0 spiro atoms. The second-order valence-electron chi connectivity index (χ2n) is 6.04. The third kappa shape index (κ3) is 3.72. The molecule has 1 fully saturated rings. The molecular weight excluding hydrogens is 230 g/mol. The van der Waals surface area contributed by atoms with Crippen LogP contribution in [0.4, 0.5) is 4.79 Å². The van der Waals surface area contributed by atoms with Crippen molar-refractivity contribution in [3.63, 3.8) is 0 Å². The van der Waals surface area contributed by atoms with Crippen LogP contribution in [0.2, 0.25) is 0 Å². The third-order valence-corrected chi connectivity index (χ3v) is 3.31. The molecule has 1 amide bonds. The molecule has 0 aliphatic carbocycles. The van der Waals surface area contributed by atoms with Gasteiger partial charge in [-0.3, -0.25) is 9.69 Å². The van der Waals surface area contributed by atoms with E-state index in [1.807, 2.05) is 34.6 Å². The van der Waals surface area contributed by atoms with E-state index in [-0.39, 0.29) is 23.8 Å². The topological polar surface area (TPSA) is 46.6 Å². The minimum atomic E-state index is -0.510. The summed E-state index contributed by atoms with van der Waals surface area (Å²) in [7, 11) is 0. The molecule has 4 heteroatoms. The van der Waals surface area contributed by atoms with Crippen molar-refractivity contribution in [2.45, 2.75) is 65.5 Å². The zero-order valence-electron chi connectivity index (χ0n) is 12.2. The Morgan fingerprint density at radius 1 is 1.39 bits per heavy atom. The molecule has 0 saturated carbocycles. The van der Waals surface area contributed by atoms with Gasteiger partial charge in [0.1, 0.15) is 5.60 Å². The highest BCUT2D eigenvalue weighted by Gasteiger charge is 2.37. The lowest BCUT2D eigenvalue weighted by Crippen LogP contribution is -2.44. The van der Waals surface area contributed by atoms with Crippen molar-refractivity contribution in [2.75, 3.05) is 6.54 Å². The third-order valence-electron chi connectivity index (χ3n) is 3.31. The molecular formula is C14H25NO3. The maximum atomic E-state index is 12.2. The average molecular weight is 255 g/mol. The van der Waals surface area contributed by atoms with Crippen molar-refractivity contribution in [1.29, 1.82) is 0 Å². The highest BCUT2D eigenvalue weighted by atomic mass is 16.6. The summed E-state index contributed by atoms with van der Waals surface area (Å²) in [6.07, 6.45) is 2.10. The fraction of sp³-hybridized carbons (Fsp3) is 0.857. The van der Waals surface area contributed by atoms with Gasteiger partial charge in [-0.05, 0) is 40.0 Å². The fourth-order valence-corrected chi connectivity index (χ4v) is 2.13. The van der Waals surface area contributed by atoms with E-state index in [0.29, 0.717) is 6.54 Å². The molecule has 2 atom stereocenters. The molecule has 0 N–H and O–H groups in total. The minimum Gasteiger partial charge on any atom is -0.444 e. The Hall–Kier alpha value is -1.06. The van der Waals surface area contributed by atoms with Gasteiger partial charge in [0.05, 0.1) is 6.04 Å². The smallest absolute Gasteiger partial charge is 0.410 e. The Labute approximate surface area is 110 Å². The van der Waals surface area contributed by atoms with E-state index in [1.165, 1.54) is 0 Å². The Bertz CT molecular complexity index is 319. The van der Waals surface area contributed by atoms with Crippen LogP contribution in [0, 0.1) is 5.92 Å². The molecule has 1 aliphatic heterocycles. The molecule has 0 aromatic rings. The van der Waals surface area contributed by atoms with Crippen molar-refractivity contribution in [1.82, 2.24) is 4.90 Å². The van der Waals surface area contributed by atoms with Gasteiger partial charge in [0.25, 0.3) is 0 Å². The molecule has 0 aromatic heterocycles. The highest BCUT2D eigenvalue weighted by Crippen LogP contribution is 2.24. The summed E-state index contributed by atoms with van der Waals surface area (Å²) in [4.78, 5) is 25.8. The summed E-state index contributed by atoms with van der Waals surface area (Å²) in [5, 5.41) is 0. The Balaban J connectivity index is 2.70. The second kappa shape index (κ2) is 5.72. The number of carbonyl (C=O) groups is 2. The van der Waals surface area contributed by atoms with Gasteiger partial charge in [-0.15, -0.1) is 0 Å². The number of rotatable bonds is 3. The highest BCUT2D eigenvalue weighted by molar-refractivity contribution is 5.89. The SMILES string of the molecule is CCC(C)C(=O)[C@@H]1CCCN1C(=O)OC(C)(C)C. The summed E-state index contributed by atoms with van der Waals surface area (Å²) in [6.45, 7) is 10.1. The number of likely N-dealkylation sites (tertiary alicyclic amines) is 1. The monoisotopic (exact) mass is 255 g/mol. The van der Waals surface area contributed by atoms with Crippen LogP contribution in [-0.2, 0) is 9.53 Å². The lowest BCUT2D eigenvalue weighted by Gasteiger charge is -2.29. The van der Waals surface area contributed by atoms with E-state index in [9.17, 15) is 9.59 Å². The zero-order chi connectivity index (χ0) is 13.9. The number of nitrogens with zero attached hydrogens (tertiary/aromatic N) is 1. The Morgan fingerprint density at radius 2 is 2.00 bits per heavy atom. The molecule has 104 valence electrons. The van der Waals surface area contributed by atoms with Crippen LogP contribution in [0.3, 0.4) is 0 Å². The summed E-state index contributed by atoms with van der Waals surface area (Å²) in [5.41, 5.74) is -0.510. The maximum absolute atomic E-state index is 12.2. The van der Waals surface area contributed by atoms with Crippen LogP contribution >= 0.6 is 0 Å². The molecule has 0 bridgehead atoms. The molecule has 1 heterocycles. The number of ether oxygens (including phenoxy) is 1. The van der Waals surface area contributed by atoms with Crippen LogP contribution in [0.5, 0.6) is 0 Å². The minimum absolute atomic E-state index is 0.0121. The zero-order valence-corrected chi connectivity index (χ0v) is 12.2. The molecule has 4 nitrogen and oxygen atoms in total. The lowest BCUT2D eigenvalue weighted by molar-refractivity contribution is -0.126. The number of ketones is 1. The van der Waals surface area contributed by atoms with Crippen LogP contribution in [-0.4, -0.2) is 35.0 Å². The van der Waals surface area contributed by atoms with Gasteiger partial charge in [-0.1, -0.05) is 13.8 Å². The van der Waals surface area contributed by atoms with E-state index in [4.69, 9.17) is 4.74 Å². The van der Waals surface area contributed by atoms with Crippen LogP contribution < -0.4 is 0 Å². The first kappa shape index (κ1) is 15.0. The number of amides is 1. The molecule has 1 aliphatic rings. The van der Waals surface area contributed by atoms with Gasteiger partial charge in [0.15, 0.2) is 5.78 Å². The first-order valence-corrected chi connectivity index (χ1v) is 6.79. The predicted octanol–water partition coefficient (Wildman–Crippen LogP) is 3.00. The molecule has 1 unspecified atom stereocenters. The standard InChI is InChI=1S/C14H25NO3/c1-6-10(2)12(16)11-8-7-9-15(11)13(17)18-14(3,4)5/h10-11H,6-9H2,1-5H3/t10?,11-/m0/s1. The Kier molecular flexibility index (Phi) is 4.77. The summed E-state index contributed by atoms with van der Waals surface area (Å²) >= 11 is 0. The predicted molar refractivity (Wildman–Crippen MR) is 70.4 cm³/mol. The first-order valence-electron chi connectivity index (χ1n) is 6.79. The van der Waals surface area contributed by atoms with Gasteiger partial charge >= 0.3 is 6.09 Å². The van der Waals surface area contributed by atoms with Gasteiger partial charge in [-0.2, -0.15) is 0 Å². The van der Waals surface area contributed by atoms with E-state index >= 15 is 0 Å². The number of hydrogen-bond donors (Lipinski definition) is 0. The molecule has 1 saturated heterocycles. The van der Waals surface area contributed by atoms with E-state index in [2.05, 4.69) is 0 Å². The van der Waals surface area contributed by atoms with Crippen LogP contribution in [0.1, 0.15) is 53.9 Å². The van der Waals surface area contributed by atoms with E-state index < -0.39 is 5.60 Å². The molecule has 1 rings (SSSR count). The molecule has 0 radical (unpaired) electrons. The lowest BCUT2D eigenvalue weighted by atomic mass is 9.96. The van der Waals surface area contributed by atoms with Crippen LogP contribution in [0.25, 0.3) is 0 Å². The molecule has 0 aromatic carbocycles. The van der Waals surface area contributed by atoms with Crippen molar-refractivity contribution in [3.05, 3.63) is 0 Å². The van der Waals surface area contributed by atoms with Crippen molar-refractivity contribution >= 4 is 11.9 Å². The Morgan fingerprint density at radius 3 is 2.50 bits per heavy atom. The quantitative estimate of drug-likeness (QED) is 0.778. The normalized spacial score (nSPS) is 21.8. The second-order valence-corrected chi connectivity index (χ2v) is 6.04. The van der Waals surface area contributed by atoms with Crippen LogP contribution in [0.15, 0.2) is 0 Å². The van der Waals surface area contributed by atoms with Crippen molar-refractivity contribution in [3.8, 4) is 0 Å². The largest absolute Gasteiger partial charge is 0.444 e. The van der Waals surface area contributed by atoms with Crippen molar-refractivity contribution < 1.29 is 14.3 Å². The van der Waals surface area contributed by atoms with Gasteiger partial charge in [0.2, 0.25) is 0 Å². The first-order chi connectivity index (χ1) is 8.26. The average Bonchev–Trinajstić information content (AvgIpc) is 2.73. The fourth-order valence-electron chi connectivity index (χ4n) is 2.13. The maximum Gasteiger partial charge on any atom is 0.410 e. The molecule has 18 heavy (non-hydrogen) atoms. The van der Waals surface area contributed by atoms with Crippen molar-refractivity contribution in [2.24, 2.45) is 5.92 Å². The number of Topliss-reactive ketones (excluding diaryl/α,β-unsaturated/α-hetero) is 1. The van der Waals surface area contributed by atoms with Gasteiger partial charge in [-0.25, -0.2) is 4.79 Å². The van der Waals surface area contributed by atoms with Gasteiger partial charge in [0, 0.05) is 12.5 Å². The number of carbonyl (C=O) groups excluding carboxylic acids is 2. The summed E-state index contributed by atoms with van der Waals surface area (Å²) in [5.74, 6) is 0.180. The summed E-state index contributed by atoms with van der Waals surface area (Å²) in [6, 6.07) is -0.283. The van der Waals surface area contributed by atoms with Gasteiger partial charge < -0.3 is 4.74 Å². The summed E-state index contributed by atoms with van der Waals surface area (Å²) < 4.78 is 5.35. The van der Waals surface area contributed by atoms with E-state index in [1.54, 1.807) is 4.90 Å². The number of hydrogen-bond acceptors (Lipinski definition) is 3.